The van der Waals surface area contributed by atoms with E-state index in [9.17, 15) is 19.5 Å². The summed E-state index contributed by atoms with van der Waals surface area (Å²) in [5, 5.41) is 22.2. The maximum absolute atomic E-state index is 11.2. The van der Waals surface area contributed by atoms with Crippen LogP contribution in [-0.4, -0.2) is 30.9 Å². The van der Waals surface area contributed by atoms with Gasteiger partial charge in [-0.2, -0.15) is 0 Å². The van der Waals surface area contributed by atoms with Crippen LogP contribution in [0, 0.1) is 0 Å². The van der Waals surface area contributed by atoms with Crippen molar-refractivity contribution in [2.45, 2.75) is 0 Å². The third-order valence-electron chi connectivity index (χ3n) is 2.15. The number of aromatic nitrogens is 3. The van der Waals surface area contributed by atoms with Crippen molar-refractivity contribution in [2.75, 3.05) is 0 Å². The monoisotopic (exact) mass is 237 g/mol. The summed E-state index contributed by atoms with van der Waals surface area (Å²) in [6, 6.07) is 3.37. The first-order chi connectivity index (χ1) is 8.00. The maximum Gasteiger partial charge on any atom is 0.348 e. The summed E-state index contributed by atoms with van der Waals surface area (Å²) in [5.74, 6) is -1.83. The molecule has 0 aliphatic rings. The Bertz CT molecular complexity index is 666. The highest BCUT2D eigenvalue weighted by Gasteiger charge is 2.12. The lowest BCUT2D eigenvalue weighted by Gasteiger charge is -2.02. The number of phenols is 1. The lowest BCUT2D eigenvalue weighted by molar-refractivity contribution is 0.0694. The van der Waals surface area contributed by atoms with Crippen LogP contribution in [0.4, 0.5) is 0 Å². The van der Waals surface area contributed by atoms with Crippen LogP contribution in [0.5, 0.6) is 5.75 Å². The molecule has 0 unspecified atom stereocenters. The van der Waals surface area contributed by atoms with Crippen LogP contribution >= 0.6 is 0 Å². The number of aromatic hydroxyl groups is 1. The summed E-state index contributed by atoms with van der Waals surface area (Å²) >= 11 is 0. The number of carboxylic acids is 1. The van der Waals surface area contributed by atoms with Crippen molar-refractivity contribution in [3.05, 3.63) is 44.7 Å². The fraction of sp³-hybridized carbons (Fsp3) is 0. The molecule has 1 aromatic heterocycles. The van der Waals surface area contributed by atoms with E-state index in [1.54, 1.807) is 0 Å². The number of hydrogen-bond donors (Lipinski definition) is 4. The number of carbonyl (C=O) groups is 1. The molecule has 1 aromatic carbocycles. The van der Waals surface area contributed by atoms with Gasteiger partial charge in [0.05, 0.1) is 5.69 Å². The number of H-pyrrole nitrogens is 2. The number of aromatic amines is 2. The van der Waals surface area contributed by atoms with Crippen LogP contribution in [0.1, 0.15) is 10.4 Å². The van der Waals surface area contributed by atoms with Gasteiger partial charge in [0.15, 0.2) is 0 Å². The molecule has 0 radical (unpaired) electrons. The summed E-state index contributed by atoms with van der Waals surface area (Å²) in [6.45, 7) is 0. The van der Waals surface area contributed by atoms with Crippen LogP contribution in [0.3, 0.4) is 0 Å². The number of nitrogens with one attached hydrogen (secondary N) is 2. The van der Waals surface area contributed by atoms with E-state index in [-0.39, 0.29) is 11.3 Å². The molecular weight excluding hydrogens is 230 g/mol. The Morgan fingerprint density at radius 2 is 1.76 bits per heavy atom. The number of hydrogen-bond acceptors (Lipinski definition) is 4. The Labute approximate surface area is 92.8 Å². The molecule has 0 aliphatic heterocycles. The molecular formula is C9H7N3O5. The van der Waals surface area contributed by atoms with E-state index in [1.807, 2.05) is 0 Å². The molecule has 88 valence electrons. The van der Waals surface area contributed by atoms with E-state index < -0.39 is 23.1 Å². The fourth-order valence-electron chi connectivity index (χ4n) is 1.39. The summed E-state index contributed by atoms with van der Waals surface area (Å²) in [4.78, 5) is 33.1. The molecule has 0 bridgehead atoms. The topological polar surface area (TPSA) is 128 Å². The van der Waals surface area contributed by atoms with Gasteiger partial charge in [-0.15, -0.1) is 0 Å². The third-order valence-corrected chi connectivity index (χ3v) is 2.15. The highest BCUT2D eigenvalue weighted by atomic mass is 16.4. The molecule has 4 N–H and O–H groups in total. The Hall–Kier alpha value is -2.77. The molecule has 8 heteroatoms. The van der Waals surface area contributed by atoms with Crippen LogP contribution in [0.25, 0.3) is 5.69 Å². The smallest absolute Gasteiger partial charge is 0.348 e. The van der Waals surface area contributed by atoms with Crippen molar-refractivity contribution in [1.29, 1.82) is 0 Å². The largest absolute Gasteiger partial charge is 0.507 e. The van der Waals surface area contributed by atoms with Crippen LogP contribution in [0.15, 0.2) is 27.8 Å². The second-order valence-corrected chi connectivity index (χ2v) is 3.20. The van der Waals surface area contributed by atoms with Crippen molar-refractivity contribution in [3.63, 3.8) is 0 Å². The first-order valence-electron chi connectivity index (χ1n) is 4.47. The van der Waals surface area contributed by atoms with E-state index >= 15 is 0 Å². The van der Waals surface area contributed by atoms with Crippen molar-refractivity contribution >= 4 is 5.97 Å². The minimum atomic E-state index is -1.30. The standard InChI is InChI=1S/C9H7N3O5/c13-6-3-4(1-2-5(6)7(14)15)12-8(16)10-11-9(12)17/h1-3,13H,(H,10,16)(H,11,17)(H,14,15). The van der Waals surface area contributed by atoms with Gasteiger partial charge in [0.1, 0.15) is 11.3 Å². The summed E-state index contributed by atoms with van der Waals surface area (Å²) in [5.41, 5.74) is -1.66. The zero-order valence-corrected chi connectivity index (χ0v) is 8.30. The number of carboxylic acid groups (broad SMARTS) is 1. The van der Waals surface area contributed by atoms with Gasteiger partial charge in [-0.25, -0.2) is 29.1 Å². The van der Waals surface area contributed by atoms with Gasteiger partial charge in [0.25, 0.3) is 0 Å². The average molecular weight is 237 g/mol. The van der Waals surface area contributed by atoms with Crippen molar-refractivity contribution in [2.24, 2.45) is 0 Å². The van der Waals surface area contributed by atoms with E-state index in [1.165, 1.54) is 6.07 Å². The third kappa shape index (κ3) is 1.71. The molecule has 2 rings (SSSR count). The van der Waals surface area contributed by atoms with Crippen molar-refractivity contribution in [1.82, 2.24) is 14.8 Å². The lowest BCUT2D eigenvalue weighted by Crippen LogP contribution is -2.24. The minimum absolute atomic E-state index is 0.0694. The molecule has 0 fully saturated rings. The Balaban J connectivity index is 2.64. The van der Waals surface area contributed by atoms with Crippen molar-refractivity contribution < 1.29 is 15.0 Å². The van der Waals surface area contributed by atoms with Gasteiger partial charge >= 0.3 is 17.3 Å². The van der Waals surface area contributed by atoms with Crippen molar-refractivity contribution in [3.8, 4) is 11.4 Å². The molecule has 0 amide bonds. The normalized spacial score (nSPS) is 10.4. The van der Waals surface area contributed by atoms with E-state index in [0.29, 0.717) is 0 Å². The lowest BCUT2D eigenvalue weighted by atomic mass is 10.2. The van der Waals surface area contributed by atoms with Gasteiger partial charge in [-0.3, -0.25) is 0 Å². The van der Waals surface area contributed by atoms with Crippen LogP contribution in [0.2, 0.25) is 0 Å². The molecule has 0 spiro atoms. The zero-order chi connectivity index (χ0) is 12.6. The first-order valence-corrected chi connectivity index (χ1v) is 4.47. The number of aromatic carboxylic acids is 1. The Morgan fingerprint density at radius 3 is 2.24 bits per heavy atom. The highest BCUT2D eigenvalue weighted by molar-refractivity contribution is 5.91. The fourth-order valence-corrected chi connectivity index (χ4v) is 1.39. The Morgan fingerprint density at radius 1 is 1.18 bits per heavy atom. The summed E-state index contributed by atoms with van der Waals surface area (Å²) < 4.78 is 0.728. The molecule has 8 nitrogen and oxygen atoms in total. The molecule has 17 heavy (non-hydrogen) atoms. The van der Waals surface area contributed by atoms with E-state index in [0.717, 1.165) is 16.7 Å². The van der Waals surface area contributed by atoms with E-state index in [4.69, 9.17) is 5.11 Å². The van der Waals surface area contributed by atoms with Gasteiger partial charge < -0.3 is 10.2 Å². The maximum atomic E-state index is 11.2. The second kappa shape index (κ2) is 3.67. The number of nitrogens with zero attached hydrogens (tertiary/aromatic N) is 1. The first kappa shape index (κ1) is 10.7. The second-order valence-electron chi connectivity index (χ2n) is 3.20. The summed E-state index contributed by atoms with van der Waals surface area (Å²) in [7, 11) is 0. The molecule has 0 aliphatic carbocycles. The molecule has 2 aromatic rings. The van der Waals surface area contributed by atoms with Gasteiger partial charge in [-0.1, -0.05) is 0 Å². The van der Waals surface area contributed by atoms with Gasteiger partial charge in [0.2, 0.25) is 0 Å². The van der Waals surface area contributed by atoms with Gasteiger partial charge in [0, 0.05) is 6.07 Å². The minimum Gasteiger partial charge on any atom is -0.507 e. The molecule has 0 saturated heterocycles. The summed E-state index contributed by atoms with van der Waals surface area (Å²) in [6.07, 6.45) is 0. The SMILES string of the molecule is O=C(O)c1ccc(-n2c(=O)[nH][nH]c2=O)cc1O. The highest BCUT2D eigenvalue weighted by Crippen LogP contribution is 2.19. The number of benzene rings is 1. The molecule has 0 atom stereocenters. The van der Waals surface area contributed by atoms with Crippen LogP contribution < -0.4 is 11.4 Å². The average Bonchev–Trinajstić information content (AvgIpc) is 2.58. The van der Waals surface area contributed by atoms with E-state index in [2.05, 4.69) is 10.2 Å². The Kier molecular flexibility index (Phi) is 2.32. The molecule has 1 heterocycles. The number of rotatable bonds is 2. The van der Waals surface area contributed by atoms with Gasteiger partial charge in [-0.05, 0) is 12.1 Å². The zero-order valence-electron chi connectivity index (χ0n) is 8.30. The van der Waals surface area contributed by atoms with Crippen LogP contribution in [-0.2, 0) is 0 Å². The predicted molar refractivity (Wildman–Crippen MR) is 55.6 cm³/mol. The molecule has 0 saturated carbocycles. The quantitative estimate of drug-likeness (QED) is 0.546. The predicted octanol–water partition coefficient (Wildman–Crippen LogP) is -0.742.